The lowest BCUT2D eigenvalue weighted by atomic mass is 10.2. The van der Waals surface area contributed by atoms with E-state index in [0.29, 0.717) is 0 Å². The number of nitrogens with zero attached hydrogens (tertiary/aromatic N) is 1. The average Bonchev–Trinajstić information content (AvgIpc) is 1.85. The fourth-order valence-electron chi connectivity index (χ4n) is 0.929. The van der Waals surface area contributed by atoms with E-state index in [1.807, 2.05) is 30.3 Å². The van der Waals surface area contributed by atoms with Gasteiger partial charge in [-0.05, 0) is 4.81 Å². The molecule has 0 aliphatic carbocycles. The highest BCUT2D eigenvalue weighted by molar-refractivity contribution is 5.13. The summed E-state index contributed by atoms with van der Waals surface area (Å²) in [5.74, 6) is 0. The van der Waals surface area contributed by atoms with Gasteiger partial charge in [0.1, 0.15) is 7.05 Å². The first-order valence-electron chi connectivity index (χ1n) is 3.43. The smallest absolute Gasteiger partial charge is 0.167 e. The largest absolute Gasteiger partial charge is 0.182 e. The zero-order valence-electron chi connectivity index (χ0n) is 6.44. The van der Waals surface area contributed by atoms with Gasteiger partial charge in [0.05, 0.1) is 0 Å². The van der Waals surface area contributed by atoms with E-state index in [4.69, 9.17) is 10.4 Å². The molecule has 11 heavy (non-hydrogen) atoms. The zero-order chi connectivity index (χ0) is 8.32. The molecule has 0 radical (unpaired) electrons. The fraction of sp³-hybridized carbons (Fsp3) is 0.250. The van der Waals surface area contributed by atoms with Crippen LogP contribution in [0.3, 0.4) is 0 Å². The van der Waals surface area contributed by atoms with Crippen LogP contribution in [0.1, 0.15) is 5.56 Å². The first kappa shape index (κ1) is 8.20. The second kappa shape index (κ2) is 3.00. The van der Waals surface area contributed by atoms with Crippen LogP contribution in [0.5, 0.6) is 0 Å². The Hall–Kier alpha value is -0.900. The van der Waals surface area contributed by atoms with E-state index in [1.165, 1.54) is 7.05 Å². The summed E-state index contributed by atoms with van der Waals surface area (Å²) >= 11 is 0. The molecule has 0 fully saturated rings. The van der Waals surface area contributed by atoms with Crippen molar-refractivity contribution in [2.45, 2.75) is 6.54 Å². The summed E-state index contributed by atoms with van der Waals surface area (Å²) in [6.07, 6.45) is 0. The molecule has 0 bridgehead atoms. The number of quaternary nitrogens is 1. The SMILES string of the molecule is C[N+](O)(O)Cc1ccccc1. The van der Waals surface area contributed by atoms with Gasteiger partial charge >= 0.3 is 0 Å². The van der Waals surface area contributed by atoms with Crippen molar-refractivity contribution in [1.29, 1.82) is 0 Å². The Morgan fingerprint density at radius 2 is 1.73 bits per heavy atom. The number of benzene rings is 1. The molecule has 0 heterocycles. The molecule has 0 aromatic heterocycles. The van der Waals surface area contributed by atoms with Crippen LogP contribution in [-0.4, -0.2) is 22.3 Å². The summed E-state index contributed by atoms with van der Waals surface area (Å²) in [5.41, 5.74) is 0.903. The maximum atomic E-state index is 8.96. The van der Waals surface area contributed by atoms with Crippen molar-refractivity contribution in [3.63, 3.8) is 0 Å². The van der Waals surface area contributed by atoms with Crippen LogP contribution in [0.4, 0.5) is 0 Å². The molecule has 0 spiro atoms. The van der Waals surface area contributed by atoms with E-state index < -0.39 is 4.81 Å². The highest BCUT2D eigenvalue weighted by atomic mass is 16.8. The fourth-order valence-corrected chi connectivity index (χ4v) is 0.929. The van der Waals surface area contributed by atoms with E-state index >= 15 is 0 Å². The molecular formula is C8H12NO2+. The lowest BCUT2D eigenvalue weighted by Crippen LogP contribution is -2.35. The Morgan fingerprint density at radius 3 is 2.18 bits per heavy atom. The van der Waals surface area contributed by atoms with Gasteiger partial charge in [-0.1, -0.05) is 30.3 Å². The van der Waals surface area contributed by atoms with Gasteiger partial charge in [-0.3, -0.25) is 0 Å². The van der Waals surface area contributed by atoms with Crippen molar-refractivity contribution in [2.75, 3.05) is 7.05 Å². The van der Waals surface area contributed by atoms with Crippen molar-refractivity contribution < 1.29 is 15.2 Å². The maximum absolute atomic E-state index is 8.96. The molecule has 1 rings (SSSR count). The average molecular weight is 154 g/mol. The lowest BCUT2D eigenvalue weighted by Gasteiger charge is -2.14. The highest BCUT2D eigenvalue weighted by Gasteiger charge is 2.14. The van der Waals surface area contributed by atoms with E-state index in [-0.39, 0.29) is 6.54 Å². The van der Waals surface area contributed by atoms with E-state index in [1.54, 1.807) is 0 Å². The predicted octanol–water partition coefficient (Wildman–Crippen LogP) is 1.41. The Labute approximate surface area is 65.6 Å². The van der Waals surface area contributed by atoms with Crippen LogP contribution in [0.15, 0.2) is 30.3 Å². The summed E-state index contributed by atoms with van der Waals surface area (Å²) in [5, 5.41) is 17.9. The minimum absolute atomic E-state index is 0.209. The van der Waals surface area contributed by atoms with E-state index in [2.05, 4.69) is 0 Å². The Balaban J connectivity index is 2.66. The van der Waals surface area contributed by atoms with Gasteiger partial charge in [0.25, 0.3) is 0 Å². The van der Waals surface area contributed by atoms with Crippen molar-refractivity contribution >= 4 is 0 Å². The van der Waals surface area contributed by atoms with Crippen LogP contribution in [-0.2, 0) is 6.54 Å². The van der Waals surface area contributed by atoms with Gasteiger partial charge in [-0.2, -0.15) is 10.4 Å². The topological polar surface area (TPSA) is 40.5 Å². The van der Waals surface area contributed by atoms with Crippen LogP contribution in [0.25, 0.3) is 0 Å². The lowest BCUT2D eigenvalue weighted by molar-refractivity contribution is -1.24. The van der Waals surface area contributed by atoms with Crippen molar-refractivity contribution in [3.8, 4) is 0 Å². The standard InChI is InChI=1S/C8H12NO2/c1-9(10,11)7-8-5-3-2-4-6-8/h2-6,10-11H,7H2,1H3/q+1. The predicted molar refractivity (Wildman–Crippen MR) is 39.9 cm³/mol. The summed E-state index contributed by atoms with van der Waals surface area (Å²) < 4.78 is 0. The van der Waals surface area contributed by atoms with Crippen molar-refractivity contribution in [2.24, 2.45) is 0 Å². The van der Waals surface area contributed by atoms with Gasteiger partial charge in [0.15, 0.2) is 6.54 Å². The van der Waals surface area contributed by atoms with Gasteiger partial charge < -0.3 is 0 Å². The summed E-state index contributed by atoms with van der Waals surface area (Å²) in [6.45, 7) is 0.209. The molecule has 0 aliphatic rings. The molecule has 0 aliphatic heterocycles. The van der Waals surface area contributed by atoms with Gasteiger partial charge in [-0.15, -0.1) is 0 Å². The molecule has 0 amide bonds. The third-order valence-electron chi connectivity index (χ3n) is 1.32. The zero-order valence-corrected chi connectivity index (χ0v) is 6.44. The molecule has 2 N–H and O–H groups in total. The quantitative estimate of drug-likeness (QED) is 0.499. The van der Waals surface area contributed by atoms with Crippen LogP contribution >= 0.6 is 0 Å². The van der Waals surface area contributed by atoms with E-state index in [0.717, 1.165) is 5.56 Å². The summed E-state index contributed by atoms with van der Waals surface area (Å²) in [7, 11) is 1.31. The molecule has 0 atom stereocenters. The maximum Gasteiger partial charge on any atom is 0.167 e. The number of rotatable bonds is 2. The monoisotopic (exact) mass is 154 g/mol. The van der Waals surface area contributed by atoms with Crippen LogP contribution in [0.2, 0.25) is 0 Å². The number of hydrogen-bond donors (Lipinski definition) is 2. The summed E-state index contributed by atoms with van der Waals surface area (Å²) in [4.78, 5) is -1.01. The van der Waals surface area contributed by atoms with Gasteiger partial charge in [-0.25, -0.2) is 0 Å². The molecule has 3 nitrogen and oxygen atoms in total. The first-order chi connectivity index (χ1) is 5.08. The second-order valence-corrected chi connectivity index (χ2v) is 2.73. The van der Waals surface area contributed by atoms with E-state index in [9.17, 15) is 0 Å². The highest BCUT2D eigenvalue weighted by Crippen LogP contribution is 2.04. The Kier molecular flexibility index (Phi) is 2.24. The van der Waals surface area contributed by atoms with Crippen molar-refractivity contribution in [1.82, 2.24) is 0 Å². The van der Waals surface area contributed by atoms with Gasteiger partial charge in [0, 0.05) is 5.56 Å². The van der Waals surface area contributed by atoms with Gasteiger partial charge in [0.2, 0.25) is 0 Å². The minimum Gasteiger partial charge on any atom is -0.182 e. The molecular weight excluding hydrogens is 142 g/mol. The Morgan fingerprint density at radius 1 is 1.18 bits per heavy atom. The van der Waals surface area contributed by atoms with Crippen LogP contribution in [0, 0.1) is 0 Å². The molecule has 0 unspecified atom stereocenters. The normalized spacial score (nSPS) is 11.5. The van der Waals surface area contributed by atoms with Crippen LogP contribution < -0.4 is 0 Å². The van der Waals surface area contributed by atoms with Crippen molar-refractivity contribution in [3.05, 3.63) is 35.9 Å². The Bertz CT molecular complexity index is 215. The second-order valence-electron chi connectivity index (χ2n) is 2.73. The first-order valence-corrected chi connectivity index (χ1v) is 3.43. The molecule has 0 saturated carbocycles. The minimum atomic E-state index is -1.01. The third-order valence-corrected chi connectivity index (χ3v) is 1.32. The number of hydroxylamine groups is 4. The molecule has 1 aromatic rings. The molecule has 0 saturated heterocycles. The third kappa shape index (κ3) is 3.13. The molecule has 3 heteroatoms. The summed E-state index contributed by atoms with van der Waals surface area (Å²) in [6, 6.07) is 9.32. The molecule has 1 aromatic carbocycles. The molecule has 60 valence electrons. The number of hydrogen-bond acceptors (Lipinski definition) is 2.